The third-order valence-electron chi connectivity index (χ3n) is 5.34. The van der Waals surface area contributed by atoms with Crippen molar-refractivity contribution in [3.05, 3.63) is 0 Å². The van der Waals surface area contributed by atoms with Crippen LogP contribution in [0.3, 0.4) is 0 Å². The highest BCUT2D eigenvalue weighted by atomic mass is 16.6. The van der Waals surface area contributed by atoms with Crippen LogP contribution in [0.2, 0.25) is 0 Å². The van der Waals surface area contributed by atoms with Gasteiger partial charge in [0.15, 0.2) is 0 Å². The molecule has 0 amide bonds. The molecule has 2 fully saturated rings. The molecule has 1 saturated heterocycles. The molecule has 0 spiro atoms. The van der Waals surface area contributed by atoms with Gasteiger partial charge >= 0.3 is 11.9 Å². The maximum atomic E-state index is 12.9. The van der Waals surface area contributed by atoms with Crippen molar-refractivity contribution >= 4 is 11.9 Å². The van der Waals surface area contributed by atoms with Gasteiger partial charge in [0.05, 0.1) is 37.3 Å². The molecule has 2 rings (SSSR count). The Morgan fingerprint density at radius 2 is 1.56 bits per heavy atom. The summed E-state index contributed by atoms with van der Waals surface area (Å²) in [5.74, 6) is -1.49. The number of carbonyl (C=O) groups is 2. The maximum absolute atomic E-state index is 12.9. The van der Waals surface area contributed by atoms with E-state index in [9.17, 15) is 9.59 Å². The van der Waals surface area contributed by atoms with Crippen LogP contribution in [-0.4, -0.2) is 37.4 Å². The monoisotopic (exact) mass is 354 g/mol. The number of epoxide rings is 1. The first kappa shape index (κ1) is 20.2. The fourth-order valence-electron chi connectivity index (χ4n) is 3.94. The Hall–Kier alpha value is -1.10. The zero-order valence-corrected chi connectivity index (χ0v) is 16.4. The van der Waals surface area contributed by atoms with E-state index < -0.39 is 11.8 Å². The van der Waals surface area contributed by atoms with E-state index in [2.05, 4.69) is 34.6 Å². The molecule has 5 heteroatoms. The first-order valence-corrected chi connectivity index (χ1v) is 9.80. The van der Waals surface area contributed by atoms with Crippen molar-refractivity contribution in [2.45, 2.75) is 78.9 Å². The van der Waals surface area contributed by atoms with E-state index in [4.69, 9.17) is 14.2 Å². The van der Waals surface area contributed by atoms with Crippen LogP contribution in [0.1, 0.15) is 66.7 Å². The molecule has 1 aliphatic carbocycles. The Morgan fingerprint density at radius 1 is 1.00 bits per heavy atom. The second kappa shape index (κ2) is 8.52. The highest BCUT2D eigenvalue weighted by Crippen LogP contribution is 2.54. The predicted octanol–water partition coefficient (Wildman–Crippen LogP) is 3.74. The fraction of sp³-hybridized carbons (Fsp3) is 0.900. The van der Waals surface area contributed by atoms with Gasteiger partial charge in [0, 0.05) is 5.92 Å². The second-order valence-electron chi connectivity index (χ2n) is 8.44. The van der Waals surface area contributed by atoms with Crippen LogP contribution in [0, 0.1) is 23.2 Å². The summed E-state index contributed by atoms with van der Waals surface area (Å²) in [5.41, 5.74) is -0.143. The van der Waals surface area contributed by atoms with Gasteiger partial charge in [-0.05, 0) is 24.7 Å². The number of unbranched alkanes of at least 4 members (excludes halogenated alkanes) is 2. The fourth-order valence-corrected chi connectivity index (χ4v) is 3.94. The summed E-state index contributed by atoms with van der Waals surface area (Å²) < 4.78 is 16.8. The van der Waals surface area contributed by atoms with Gasteiger partial charge in [0.2, 0.25) is 0 Å². The van der Waals surface area contributed by atoms with Gasteiger partial charge in [0.1, 0.15) is 0 Å². The Bertz CT molecular complexity index is 467. The summed E-state index contributed by atoms with van der Waals surface area (Å²) in [4.78, 5) is 25.5. The minimum absolute atomic E-state index is 0.0240. The number of carbonyl (C=O) groups excluding carboxylic acids is 2. The quantitative estimate of drug-likeness (QED) is 0.377. The average Bonchev–Trinajstić information content (AvgIpc) is 3.31. The third kappa shape index (κ3) is 4.96. The molecule has 1 aliphatic heterocycles. The van der Waals surface area contributed by atoms with Crippen molar-refractivity contribution in [1.82, 2.24) is 0 Å². The van der Waals surface area contributed by atoms with Gasteiger partial charge < -0.3 is 14.2 Å². The molecule has 0 aromatic heterocycles. The minimum atomic E-state index is -0.477. The molecule has 2 aliphatic rings. The Kier molecular flexibility index (Phi) is 6.89. The summed E-state index contributed by atoms with van der Waals surface area (Å²) in [6.45, 7) is 11.3. The Balaban J connectivity index is 2.16. The maximum Gasteiger partial charge on any atom is 0.310 e. The van der Waals surface area contributed by atoms with Crippen LogP contribution >= 0.6 is 0 Å². The highest BCUT2D eigenvalue weighted by Gasteiger charge is 2.62. The topological polar surface area (TPSA) is 65.1 Å². The lowest BCUT2D eigenvalue weighted by molar-refractivity contribution is -0.167. The molecule has 0 bridgehead atoms. The number of hydrogen-bond donors (Lipinski definition) is 0. The Labute approximate surface area is 151 Å². The van der Waals surface area contributed by atoms with E-state index in [1.54, 1.807) is 0 Å². The highest BCUT2D eigenvalue weighted by molar-refractivity contribution is 5.83. The van der Waals surface area contributed by atoms with Gasteiger partial charge in [0.25, 0.3) is 0 Å². The van der Waals surface area contributed by atoms with E-state index in [1.807, 2.05) is 0 Å². The summed E-state index contributed by atoms with van der Waals surface area (Å²) in [7, 11) is 0. The molecule has 25 heavy (non-hydrogen) atoms. The van der Waals surface area contributed by atoms with Gasteiger partial charge in [-0.3, -0.25) is 9.59 Å². The first-order chi connectivity index (χ1) is 11.8. The van der Waals surface area contributed by atoms with Crippen molar-refractivity contribution in [3.8, 4) is 0 Å². The van der Waals surface area contributed by atoms with Crippen LogP contribution in [0.5, 0.6) is 0 Å². The lowest BCUT2D eigenvalue weighted by Crippen LogP contribution is -2.48. The van der Waals surface area contributed by atoms with Crippen molar-refractivity contribution in [3.63, 3.8) is 0 Å². The lowest BCUT2D eigenvalue weighted by atomic mass is 9.62. The van der Waals surface area contributed by atoms with E-state index in [1.165, 1.54) is 0 Å². The second-order valence-corrected chi connectivity index (χ2v) is 8.44. The van der Waals surface area contributed by atoms with E-state index in [0.29, 0.717) is 19.6 Å². The van der Waals surface area contributed by atoms with Crippen molar-refractivity contribution in [2.75, 3.05) is 13.2 Å². The van der Waals surface area contributed by atoms with Crippen LogP contribution in [0.25, 0.3) is 0 Å². The van der Waals surface area contributed by atoms with Gasteiger partial charge in [-0.15, -0.1) is 0 Å². The zero-order chi connectivity index (χ0) is 18.6. The molecule has 0 radical (unpaired) electrons. The van der Waals surface area contributed by atoms with Crippen LogP contribution in [0.15, 0.2) is 0 Å². The summed E-state index contributed by atoms with van der Waals surface area (Å²) in [6, 6.07) is 0. The third-order valence-corrected chi connectivity index (χ3v) is 5.34. The summed E-state index contributed by atoms with van der Waals surface area (Å²) in [5, 5.41) is 0. The molecule has 0 N–H and O–H groups in total. The SMILES string of the molecule is CCCCOC(=O)C1CC2OC2C(C(C)(C)C)C1C(=O)OCCCC. The molecule has 0 aromatic rings. The van der Waals surface area contributed by atoms with Crippen molar-refractivity contribution < 1.29 is 23.8 Å². The number of ether oxygens (including phenoxy) is 3. The number of hydrogen-bond acceptors (Lipinski definition) is 5. The molecule has 144 valence electrons. The minimum Gasteiger partial charge on any atom is -0.465 e. The predicted molar refractivity (Wildman–Crippen MR) is 94.9 cm³/mol. The van der Waals surface area contributed by atoms with E-state index in [-0.39, 0.29) is 35.5 Å². The smallest absolute Gasteiger partial charge is 0.310 e. The number of fused-ring (bicyclic) bond motifs is 1. The van der Waals surface area contributed by atoms with E-state index >= 15 is 0 Å². The zero-order valence-electron chi connectivity index (χ0n) is 16.4. The molecule has 1 saturated carbocycles. The molecule has 5 nitrogen and oxygen atoms in total. The standard InChI is InChI=1S/C20H34O5/c1-6-8-10-23-18(21)13-12-14-17(25-14)16(20(3,4)5)15(13)19(22)24-11-9-7-2/h13-17H,6-12H2,1-5H3. The van der Waals surface area contributed by atoms with Gasteiger partial charge in [-0.1, -0.05) is 47.5 Å². The molecular formula is C20H34O5. The molecule has 5 atom stereocenters. The molecule has 5 unspecified atom stereocenters. The molecule has 0 aromatic carbocycles. The lowest BCUT2D eigenvalue weighted by Gasteiger charge is -2.40. The first-order valence-electron chi connectivity index (χ1n) is 9.80. The molecular weight excluding hydrogens is 320 g/mol. The largest absolute Gasteiger partial charge is 0.465 e. The van der Waals surface area contributed by atoms with Crippen LogP contribution in [-0.2, 0) is 23.8 Å². The van der Waals surface area contributed by atoms with E-state index in [0.717, 1.165) is 25.7 Å². The Morgan fingerprint density at radius 3 is 2.08 bits per heavy atom. The summed E-state index contributed by atoms with van der Waals surface area (Å²) in [6.07, 6.45) is 4.32. The van der Waals surface area contributed by atoms with Crippen LogP contribution < -0.4 is 0 Å². The summed E-state index contributed by atoms with van der Waals surface area (Å²) >= 11 is 0. The van der Waals surface area contributed by atoms with Gasteiger partial charge in [-0.2, -0.15) is 0 Å². The average molecular weight is 354 g/mol. The van der Waals surface area contributed by atoms with Crippen molar-refractivity contribution in [2.24, 2.45) is 23.2 Å². The van der Waals surface area contributed by atoms with Crippen molar-refractivity contribution in [1.29, 1.82) is 0 Å². The van der Waals surface area contributed by atoms with Crippen LogP contribution in [0.4, 0.5) is 0 Å². The number of esters is 2. The number of rotatable bonds is 8. The normalized spacial score (nSPS) is 31.2. The molecule has 1 heterocycles. The van der Waals surface area contributed by atoms with Gasteiger partial charge in [-0.25, -0.2) is 0 Å².